The highest BCUT2D eigenvalue weighted by Crippen LogP contribution is 2.35. The van der Waals surface area contributed by atoms with Crippen molar-refractivity contribution in [2.45, 2.75) is 46.5 Å². The van der Waals surface area contributed by atoms with E-state index in [-0.39, 0.29) is 0 Å². The maximum atomic E-state index is 6.09. The van der Waals surface area contributed by atoms with Crippen LogP contribution in [0.25, 0.3) is 22.9 Å². The van der Waals surface area contributed by atoms with E-state index in [0.29, 0.717) is 13.2 Å². The third kappa shape index (κ3) is 5.99. The SMILES string of the molecule is CCCCOc1cc2cc(C)nc(/C=C/c3ccc(Cl)cc3)c2cc1OCCCC. The number of benzene rings is 2. The van der Waals surface area contributed by atoms with Crippen LogP contribution in [0.4, 0.5) is 0 Å². The van der Waals surface area contributed by atoms with E-state index in [1.54, 1.807) is 0 Å². The number of aryl methyl sites for hydroxylation is 1. The van der Waals surface area contributed by atoms with E-state index in [9.17, 15) is 0 Å². The van der Waals surface area contributed by atoms with Gasteiger partial charge in [-0.1, -0.05) is 56.5 Å². The number of rotatable bonds is 10. The quantitative estimate of drug-likeness (QED) is 0.312. The Morgan fingerprint density at radius 1 is 0.867 bits per heavy atom. The lowest BCUT2D eigenvalue weighted by Crippen LogP contribution is -2.03. The summed E-state index contributed by atoms with van der Waals surface area (Å²) in [5, 5.41) is 2.89. The minimum Gasteiger partial charge on any atom is -0.490 e. The number of nitrogens with zero attached hydrogens (tertiary/aromatic N) is 1. The Morgan fingerprint density at radius 3 is 2.13 bits per heavy atom. The van der Waals surface area contributed by atoms with Gasteiger partial charge in [0.2, 0.25) is 0 Å². The average molecular weight is 424 g/mol. The third-order valence-corrected chi connectivity index (χ3v) is 5.12. The van der Waals surface area contributed by atoms with Gasteiger partial charge in [0.15, 0.2) is 11.5 Å². The van der Waals surface area contributed by atoms with E-state index < -0.39 is 0 Å². The zero-order valence-corrected chi connectivity index (χ0v) is 18.8. The molecular formula is C26H30ClNO2. The van der Waals surface area contributed by atoms with E-state index in [0.717, 1.165) is 69.9 Å². The Morgan fingerprint density at radius 2 is 1.50 bits per heavy atom. The molecule has 3 rings (SSSR count). The Labute approximate surface area is 184 Å². The number of hydrogen-bond acceptors (Lipinski definition) is 3. The minimum atomic E-state index is 0.682. The maximum absolute atomic E-state index is 6.09. The molecule has 0 spiro atoms. The summed E-state index contributed by atoms with van der Waals surface area (Å²) in [7, 11) is 0. The number of pyridine rings is 1. The van der Waals surface area contributed by atoms with Crippen LogP contribution in [-0.2, 0) is 0 Å². The van der Waals surface area contributed by atoms with Crippen LogP contribution in [0.1, 0.15) is 56.5 Å². The maximum Gasteiger partial charge on any atom is 0.161 e. The molecule has 0 bridgehead atoms. The summed E-state index contributed by atoms with van der Waals surface area (Å²) in [5.74, 6) is 1.60. The van der Waals surface area contributed by atoms with Gasteiger partial charge < -0.3 is 9.47 Å². The first-order valence-electron chi connectivity index (χ1n) is 10.8. The van der Waals surface area contributed by atoms with E-state index in [2.05, 4.69) is 38.1 Å². The summed E-state index contributed by atoms with van der Waals surface area (Å²) in [6.07, 6.45) is 8.34. The fraction of sp³-hybridized carbons (Fsp3) is 0.346. The molecule has 1 heterocycles. The topological polar surface area (TPSA) is 31.4 Å². The van der Waals surface area contributed by atoms with Gasteiger partial charge in [0.05, 0.1) is 18.9 Å². The zero-order valence-electron chi connectivity index (χ0n) is 18.1. The molecule has 4 heteroatoms. The largest absolute Gasteiger partial charge is 0.490 e. The van der Waals surface area contributed by atoms with Gasteiger partial charge in [-0.3, -0.25) is 4.98 Å². The standard InChI is InChI=1S/C26H30ClNO2/c1-4-6-14-29-25-17-21-16-19(3)28-24(13-10-20-8-11-22(27)12-9-20)23(21)18-26(25)30-15-7-5-2/h8-13,16-18H,4-7,14-15H2,1-3H3/b13-10+. The monoisotopic (exact) mass is 423 g/mol. The van der Waals surface area contributed by atoms with Crippen molar-refractivity contribution in [1.82, 2.24) is 4.98 Å². The molecule has 0 aliphatic rings. The van der Waals surface area contributed by atoms with Crippen LogP contribution in [0.15, 0.2) is 42.5 Å². The van der Waals surface area contributed by atoms with E-state index in [1.165, 1.54) is 0 Å². The second-order valence-electron chi connectivity index (χ2n) is 7.46. The van der Waals surface area contributed by atoms with Gasteiger partial charge in [-0.05, 0) is 67.1 Å². The van der Waals surface area contributed by atoms with Gasteiger partial charge >= 0.3 is 0 Å². The van der Waals surface area contributed by atoms with E-state index >= 15 is 0 Å². The Balaban J connectivity index is 1.99. The minimum absolute atomic E-state index is 0.682. The number of ether oxygens (including phenoxy) is 2. The highest BCUT2D eigenvalue weighted by atomic mass is 35.5. The van der Waals surface area contributed by atoms with Crippen LogP contribution in [0, 0.1) is 6.92 Å². The number of unbranched alkanes of at least 4 members (excludes halogenated alkanes) is 2. The van der Waals surface area contributed by atoms with Crippen LogP contribution >= 0.6 is 11.6 Å². The zero-order chi connectivity index (χ0) is 21.3. The molecule has 3 aromatic rings. The first-order chi connectivity index (χ1) is 14.6. The molecule has 0 atom stereocenters. The van der Waals surface area contributed by atoms with Crippen molar-refractivity contribution in [3.63, 3.8) is 0 Å². The molecule has 30 heavy (non-hydrogen) atoms. The smallest absolute Gasteiger partial charge is 0.161 e. The molecule has 0 aliphatic carbocycles. The van der Waals surface area contributed by atoms with Crippen LogP contribution in [-0.4, -0.2) is 18.2 Å². The van der Waals surface area contributed by atoms with Gasteiger partial charge in [-0.25, -0.2) is 0 Å². The van der Waals surface area contributed by atoms with Crippen LogP contribution in [0.2, 0.25) is 5.02 Å². The fourth-order valence-electron chi connectivity index (χ4n) is 3.18. The number of halogens is 1. The van der Waals surface area contributed by atoms with E-state index in [4.69, 9.17) is 26.1 Å². The molecule has 158 valence electrons. The molecule has 2 aromatic carbocycles. The summed E-state index contributed by atoms with van der Waals surface area (Å²) in [6.45, 7) is 7.72. The lowest BCUT2D eigenvalue weighted by molar-refractivity contribution is 0.262. The number of aromatic nitrogens is 1. The van der Waals surface area contributed by atoms with Crippen molar-refractivity contribution >= 4 is 34.5 Å². The van der Waals surface area contributed by atoms with Crippen LogP contribution in [0.3, 0.4) is 0 Å². The fourth-order valence-corrected chi connectivity index (χ4v) is 3.31. The van der Waals surface area contributed by atoms with Crippen molar-refractivity contribution in [3.8, 4) is 11.5 Å². The van der Waals surface area contributed by atoms with Crippen molar-refractivity contribution in [2.24, 2.45) is 0 Å². The van der Waals surface area contributed by atoms with Crippen molar-refractivity contribution in [1.29, 1.82) is 0 Å². The molecule has 0 radical (unpaired) electrons. The van der Waals surface area contributed by atoms with Gasteiger partial charge in [0, 0.05) is 16.1 Å². The Hall–Kier alpha value is -2.52. The lowest BCUT2D eigenvalue weighted by Gasteiger charge is -2.15. The molecule has 0 aliphatic heterocycles. The molecule has 0 saturated heterocycles. The molecule has 0 N–H and O–H groups in total. The summed E-state index contributed by atoms with van der Waals surface area (Å²) < 4.78 is 12.1. The van der Waals surface area contributed by atoms with Gasteiger partial charge in [0.25, 0.3) is 0 Å². The molecular weight excluding hydrogens is 394 g/mol. The van der Waals surface area contributed by atoms with E-state index in [1.807, 2.05) is 37.3 Å². The molecule has 1 aromatic heterocycles. The first kappa shape index (κ1) is 22.2. The average Bonchev–Trinajstić information content (AvgIpc) is 2.74. The second kappa shape index (κ2) is 11.0. The molecule has 3 nitrogen and oxygen atoms in total. The van der Waals surface area contributed by atoms with Gasteiger partial charge in [-0.2, -0.15) is 0 Å². The molecule has 0 saturated carbocycles. The lowest BCUT2D eigenvalue weighted by atomic mass is 10.1. The summed E-state index contributed by atoms with van der Waals surface area (Å²) in [4.78, 5) is 4.77. The number of hydrogen-bond donors (Lipinski definition) is 0. The third-order valence-electron chi connectivity index (χ3n) is 4.87. The van der Waals surface area contributed by atoms with Crippen LogP contribution in [0.5, 0.6) is 11.5 Å². The predicted molar refractivity (Wildman–Crippen MR) is 128 cm³/mol. The first-order valence-corrected chi connectivity index (χ1v) is 11.1. The molecule has 0 amide bonds. The number of fused-ring (bicyclic) bond motifs is 1. The predicted octanol–water partition coefficient (Wildman–Crippen LogP) is 7.72. The second-order valence-corrected chi connectivity index (χ2v) is 7.89. The summed E-state index contributed by atoms with van der Waals surface area (Å²) >= 11 is 6.00. The summed E-state index contributed by atoms with van der Waals surface area (Å²) in [5.41, 5.74) is 2.97. The highest BCUT2D eigenvalue weighted by Gasteiger charge is 2.11. The Bertz CT molecular complexity index is 996. The van der Waals surface area contributed by atoms with Gasteiger partial charge in [-0.15, -0.1) is 0 Å². The highest BCUT2D eigenvalue weighted by molar-refractivity contribution is 6.30. The van der Waals surface area contributed by atoms with Crippen molar-refractivity contribution in [2.75, 3.05) is 13.2 Å². The van der Waals surface area contributed by atoms with Crippen molar-refractivity contribution in [3.05, 3.63) is 64.4 Å². The van der Waals surface area contributed by atoms with Crippen LogP contribution < -0.4 is 9.47 Å². The van der Waals surface area contributed by atoms with Crippen molar-refractivity contribution < 1.29 is 9.47 Å². The molecule has 0 fully saturated rings. The summed E-state index contributed by atoms with van der Waals surface area (Å²) in [6, 6.07) is 14.0. The molecule has 0 unspecified atom stereocenters. The normalized spacial score (nSPS) is 11.3. The Kier molecular flexibility index (Phi) is 8.15. The van der Waals surface area contributed by atoms with Gasteiger partial charge in [0.1, 0.15) is 0 Å².